The molecule has 0 aliphatic carbocycles. The Balaban J connectivity index is 2.21. The number of hydrogen-bond acceptors (Lipinski definition) is 5. The molecule has 4 N–H and O–H groups in total. The quantitative estimate of drug-likeness (QED) is 0.494. The summed E-state index contributed by atoms with van der Waals surface area (Å²) < 4.78 is 13.9. The average Bonchev–Trinajstić information content (AvgIpc) is 2.63. The van der Waals surface area contributed by atoms with Gasteiger partial charge in [0.2, 0.25) is 5.91 Å². The predicted molar refractivity (Wildman–Crippen MR) is 65.5 cm³/mol. The number of aromatic nitrogens is 1. The van der Waals surface area contributed by atoms with Crippen molar-refractivity contribution in [1.29, 1.82) is 0 Å². The van der Waals surface area contributed by atoms with Crippen LogP contribution >= 0.6 is 0 Å². The number of amides is 2. The van der Waals surface area contributed by atoms with Crippen molar-refractivity contribution in [3.8, 4) is 0 Å². The lowest BCUT2D eigenvalue weighted by Gasteiger charge is -2.20. The van der Waals surface area contributed by atoms with Crippen LogP contribution in [0.4, 0.5) is 10.2 Å². The molecule has 102 valence electrons. The van der Waals surface area contributed by atoms with Crippen LogP contribution in [-0.2, 0) is 4.79 Å². The third kappa shape index (κ3) is 2.79. The van der Waals surface area contributed by atoms with E-state index < -0.39 is 11.7 Å². The lowest BCUT2D eigenvalue weighted by atomic mass is 10.2. The number of hydrazine groups is 1. The van der Waals surface area contributed by atoms with Crippen molar-refractivity contribution in [2.24, 2.45) is 5.84 Å². The minimum absolute atomic E-state index is 0.114. The SMILES string of the molecule is NNc1nccc(C(=O)N2CCNC(=O)CC2)c1F. The molecule has 0 unspecified atom stereocenters. The first-order valence-corrected chi connectivity index (χ1v) is 5.80. The van der Waals surface area contributed by atoms with Crippen LogP contribution in [0, 0.1) is 5.82 Å². The number of nitrogens with two attached hydrogens (primary N) is 1. The smallest absolute Gasteiger partial charge is 0.257 e. The van der Waals surface area contributed by atoms with Gasteiger partial charge in [0.05, 0.1) is 5.56 Å². The van der Waals surface area contributed by atoms with Gasteiger partial charge in [-0.3, -0.25) is 9.59 Å². The monoisotopic (exact) mass is 267 g/mol. The number of carbonyl (C=O) groups excluding carboxylic acids is 2. The molecule has 0 aromatic carbocycles. The van der Waals surface area contributed by atoms with Gasteiger partial charge in [-0.15, -0.1) is 0 Å². The van der Waals surface area contributed by atoms with Gasteiger partial charge in [-0.25, -0.2) is 15.2 Å². The Labute approximate surface area is 108 Å². The maximum absolute atomic E-state index is 13.9. The predicted octanol–water partition coefficient (Wildman–Crippen LogP) is -0.532. The van der Waals surface area contributed by atoms with Gasteiger partial charge in [-0.2, -0.15) is 0 Å². The fraction of sp³-hybridized carbons (Fsp3) is 0.364. The Morgan fingerprint density at radius 2 is 2.32 bits per heavy atom. The van der Waals surface area contributed by atoms with E-state index in [1.807, 2.05) is 0 Å². The lowest BCUT2D eigenvalue weighted by molar-refractivity contribution is -0.120. The van der Waals surface area contributed by atoms with Gasteiger partial charge >= 0.3 is 0 Å². The van der Waals surface area contributed by atoms with Gasteiger partial charge in [0, 0.05) is 32.3 Å². The number of nitrogens with zero attached hydrogens (tertiary/aromatic N) is 2. The molecule has 1 aliphatic heterocycles. The van der Waals surface area contributed by atoms with E-state index in [1.54, 1.807) is 0 Å². The van der Waals surface area contributed by atoms with Crippen molar-refractivity contribution in [3.05, 3.63) is 23.6 Å². The summed E-state index contributed by atoms with van der Waals surface area (Å²) in [6.07, 6.45) is 1.51. The highest BCUT2D eigenvalue weighted by Crippen LogP contribution is 2.16. The minimum Gasteiger partial charge on any atom is -0.354 e. The summed E-state index contributed by atoms with van der Waals surface area (Å²) in [6.45, 7) is 0.967. The zero-order valence-corrected chi connectivity index (χ0v) is 10.1. The normalized spacial score (nSPS) is 15.7. The van der Waals surface area contributed by atoms with Crippen molar-refractivity contribution >= 4 is 17.6 Å². The van der Waals surface area contributed by atoms with E-state index in [1.165, 1.54) is 17.2 Å². The number of pyridine rings is 1. The third-order valence-electron chi connectivity index (χ3n) is 2.86. The second kappa shape index (κ2) is 5.61. The second-order valence-corrected chi connectivity index (χ2v) is 4.06. The van der Waals surface area contributed by atoms with Crippen molar-refractivity contribution in [1.82, 2.24) is 15.2 Å². The molecule has 0 bridgehead atoms. The largest absolute Gasteiger partial charge is 0.354 e. The molecule has 2 rings (SSSR count). The molecule has 2 heterocycles. The number of anilines is 1. The van der Waals surface area contributed by atoms with Gasteiger partial charge in [-0.1, -0.05) is 0 Å². The molecule has 0 atom stereocenters. The molecule has 0 radical (unpaired) electrons. The number of carbonyl (C=O) groups is 2. The maximum Gasteiger partial charge on any atom is 0.257 e. The molecule has 1 saturated heterocycles. The van der Waals surface area contributed by atoms with E-state index in [2.05, 4.69) is 15.7 Å². The molecular weight excluding hydrogens is 253 g/mol. The highest BCUT2D eigenvalue weighted by Gasteiger charge is 2.23. The van der Waals surface area contributed by atoms with Crippen LogP contribution in [0.3, 0.4) is 0 Å². The van der Waals surface area contributed by atoms with Gasteiger partial charge in [0.1, 0.15) is 0 Å². The summed E-state index contributed by atoms with van der Waals surface area (Å²) in [7, 11) is 0. The molecule has 1 fully saturated rings. The highest BCUT2D eigenvalue weighted by molar-refractivity contribution is 5.95. The van der Waals surface area contributed by atoms with E-state index in [4.69, 9.17) is 5.84 Å². The van der Waals surface area contributed by atoms with Gasteiger partial charge in [-0.05, 0) is 6.07 Å². The van der Waals surface area contributed by atoms with Crippen LogP contribution in [0.25, 0.3) is 0 Å². The Morgan fingerprint density at radius 1 is 1.53 bits per heavy atom. The first kappa shape index (κ1) is 13.2. The van der Waals surface area contributed by atoms with Crippen LogP contribution in [0.15, 0.2) is 12.3 Å². The molecule has 7 nitrogen and oxygen atoms in total. The molecule has 1 aliphatic rings. The Hall–Kier alpha value is -2.22. The second-order valence-electron chi connectivity index (χ2n) is 4.06. The number of rotatable bonds is 2. The minimum atomic E-state index is -0.793. The number of hydrogen-bond donors (Lipinski definition) is 3. The number of nitrogen functional groups attached to an aromatic ring is 1. The zero-order chi connectivity index (χ0) is 13.8. The van der Waals surface area contributed by atoms with Crippen molar-refractivity contribution in [2.75, 3.05) is 25.1 Å². The van der Waals surface area contributed by atoms with Gasteiger partial charge < -0.3 is 15.6 Å². The molecule has 0 saturated carbocycles. The van der Waals surface area contributed by atoms with E-state index in [9.17, 15) is 14.0 Å². The Kier molecular flexibility index (Phi) is 3.91. The first-order valence-electron chi connectivity index (χ1n) is 5.80. The molecule has 2 amide bonds. The lowest BCUT2D eigenvalue weighted by Crippen LogP contribution is -2.35. The van der Waals surface area contributed by atoms with Crippen molar-refractivity contribution in [3.63, 3.8) is 0 Å². The van der Waals surface area contributed by atoms with Gasteiger partial charge in [0.25, 0.3) is 5.91 Å². The summed E-state index contributed by atoms with van der Waals surface area (Å²) >= 11 is 0. The van der Waals surface area contributed by atoms with E-state index in [-0.39, 0.29) is 30.3 Å². The third-order valence-corrected chi connectivity index (χ3v) is 2.86. The maximum atomic E-state index is 13.9. The fourth-order valence-electron chi connectivity index (χ4n) is 1.85. The number of nitrogens with one attached hydrogen (secondary N) is 2. The van der Waals surface area contributed by atoms with E-state index in [0.29, 0.717) is 13.1 Å². The first-order chi connectivity index (χ1) is 9.13. The fourth-order valence-corrected chi connectivity index (χ4v) is 1.85. The molecule has 1 aromatic heterocycles. The summed E-state index contributed by atoms with van der Waals surface area (Å²) in [5.74, 6) is 3.54. The average molecular weight is 267 g/mol. The van der Waals surface area contributed by atoms with E-state index in [0.717, 1.165) is 0 Å². The highest BCUT2D eigenvalue weighted by atomic mass is 19.1. The molecule has 1 aromatic rings. The van der Waals surface area contributed by atoms with Gasteiger partial charge in [0.15, 0.2) is 11.6 Å². The number of halogens is 1. The van der Waals surface area contributed by atoms with Crippen LogP contribution in [-0.4, -0.2) is 41.3 Å². The topological polar surface area (TPSA) is 100 Å². The molecule has 0 spiro atoms. The molecule has 8 heteroatoms. The molecule has 19 heavy (non-hydrogen) atoms. The van der Waals surface area contributed by atoms with Crippen LogP contribution in [0.1, 0.15) is 16.8 Å². The van der Waals surface area contributed by atoms with Crippen LogP contribution < -0.4 is 16.6 Å². The zero-order valence-electron chi connectivity index (χ0n) is 10.1. The van der Waals surface area contributed by atoms with E-state index >= 15 is 0 Å². The summed E-state index contributed by atoms with van der Waals surface area (Å²) in [5, 5.41) is 2.65. The summed E-state index contributed by atoms with van der Waals surface area (Å²) in [5.41, 5.74) is 1.98. The Morgan fingerprint density at radius 3 is 3.05 bits per heavy atom. The van der Waals surface area contributed by atoms with Crippen LogP contribution in [0.2, 0.25) is 0 Å². The molecular formula is C11H14FN5O2. The standard InChI is InChI=1S/C11H14FN5O2/c12-9-7(1-3-15-10(9)16-13)11(19)17-5-2-8(18)14-4-6-17/h1,3H,2,4-6,13H2,(H,14,18)(H,15,16). The Bertz CT molecular complexity index is 508. The van der Waals surface area contributed by atoms with Crippen molar-refractivity contribution in [2.45, 2.75) is 6.42 Å². The van der Waals surface area contributed by atoms with Crippen molar-refractivity contribution < 1.29 is 14.0 Å². The summed E-state index contributed by atoms with van der Waals surface area (Å²) in [6, 6.07) is 1.29. The summed E-state index contributed by atoms with van der Waals surface area (Å²) in [4.78, 5) is 28.5. The van der Waals surface area contributed by atoms with Crippen LogP contribution in [0.5, 0.6) is 0 Å².